The Balaban J connectivity index is 2.52. The molecule has 0 amide bonds. The molecule has 5 nitrogen and oxygen atoms in total. The van der Waals surface area contributed by atoms with Crippen molar-refractivity contribution in [3.05, 3.63) is 28.8 Å². The van der Waals surface area contributed by atoms with E-state index in [0.29, 0.717) is 10.8 Å². The van der Waals surface area contributed by atoms with Crippen LogP contribution in [0.25, 0.3) is 5.82 Å². The molecule has 1 N–H and O–H groups in total. The minimum atomic E-state index is 0.254. The summed E-state index contributed by atoms with van der Waals surface area (Å²) in [6.07, 6.45) is 1.75. The van der Waals surface area contributed by atoms with E-state index in [9.17, 15) is 0 Å². The average Bonchev–Trinajstić information content (AvgIpc) is 2.69. The average molecular weight is 266 g/mol. The Labute approximate surface area is 111 Å². The van der Waals surface area contributed by atoms with Crippen molar-refractivity contribution in [1.29, 1.82) is 0 Å². The fraction of sp³-hybridized carbons (Fsp3) is 0.417. The number of aromatic nitrogens is 4. The van der Waals surface area contributed by atoms with Gasteiger partial charge in [-0.3, -0.25) is 0 Å². The van der Waals surface area contributed by atoms with Gasteiger partial charge in [-0.25, -0.2) is 14.6 Å². The number of rotatable bonds is 3. The molecular weight excluding hydrogens is 250 g/mol. The molecule has 6 heteroatoms. The van der Waals surface area contributed by atoms with Gasteiger partial charge in [-0.1, -0.05) is 25.4 Å². The fourth-order valence-corrected chi connectivity index (χ4v) is 1.64. The van der Waals surface area contributed by atoms with Gasteiger partial charge in [-0.15, -0.1) is 0 Å². The van der Waals surface area contributed by atoms with E-state index in [1.165, 1.54) is 0 Å². The van der Waals surface area contributed by atoms with Crippen LogP contribution >= 0.6 is 11.6 Å². The lowest BCUT2D eigenvalue weighted by atomic mass is 10.2. The van der Waals surface area contributed by atoms with Crippen LogP contribution in [0.15, 0.2) is 12.3 Å². The van der Waals surface area contributed by atoms with E-state index in [2.05, 4.69) is 34.2 Å². The predicted molar refractivity (Wildman–Crippen MR) is 72.5 cm³/mol. The lowest BCUT2D eigenvalue weighted by Gasteiger charge is -2.09. The topological polar surface area (TPSA) is 55.6 Å². The van der Waals surface area contributed by atoms with Gasteiger partial charge in [-0.05, 0) is 6.92 Å². The maximum Gasteiger partial charge on any atom is 0.159 e. The van der Waals surface area contributed by atoms with Crippen LogP contribution in [-0.4, -0.2) is 26.8 Å². The van der Waals surface area contributed by atoms with Crippen molar-refractivity contribution in [2.24, 2.45) is 0 Å². The van der Waals surface area contributed by atoms with Crippen molar-refractivity contribution in [1.82, 2.24) is 19.7 Å². The van der Waals surface area contributed by atoms with E-state index in [-0.39, 0.29) is 5.92 Å². The van der Waals surface area contributed by atoms with Gasteiger partial charge in [0.25, 0.3) is 0 Å². The molecule has 0 aliphatic heterocycles. The molecule has 0 atom stereocenters. The molecule has 0 spiro atoms. The summed E-state index contributed by atoms with van der Waals surface area (Å²) in [6, 6.07) is 1.84. The van der Waals surface area contributed by atoms with Gasteiger partial charge in [0.2, 0.25) is 0 Å². The zero-order valence-corrected chi connectivity index (χ0v) is 11.7. The molecule has 2 aromatic heterocycles. The van der Waals surface area contributed by atoms with E-state index in [1.54, 1.807) is 10.9 Å². The SMILES string of the molecule is CNc1cc(-n2cc(Cl)c(C)n2)nc(C(C)C)n1. The largest absolute Gasteiger partial charge is 0.373 e. The lowest BCUT2D eigenvalue weighted by Crippen LogP contribution is -2.07. The van der Waals surface area contributed by atoms with Crippen LogP contribution in [-0.2, 0) is 0 Å². The first-order chi connectivity index (χ1) is 8.51. The van der Waals surface area contributed by atoms with Gasteiger partial charge in [0.1, 0.15) is 11.6 Å². The van der Waals surface area contributed by atoms with Crippen LogP contribution in [0.5, 0.6) is 0 Å². The molecule has 0 aliphatic rings. The Morgan fingerprint density at radius 3 is 2.56 bits per heavy atom. The maximum absolute atomic E-state index is 6.01. The molecule has 0 saturated heterocycles. The number of anilines is 1. The standard InChI is InChI=1S/C12H16ClN5/c1-7(2)12-15-10(14-4)5-11(16-12)18-6-9(13)8(3)17-18/h5-7H,1-4H3,(H,14,15,16). The van der Waals surface area contributed by atoms with Crippen LogP contribution in [0, 0.1) is 6.92 Å². The van der Waals surface area contributed by atoms with Crippen LogP contribution in [0.4, 0.5) is 5.82 Å². The first kappa shape index (κ1) is 12.8. The first-order valence-electron chi connectivity index (χ1n) is 5.80. The summed E-state index contributed by atoms with van der Waals surface area (Å²) in [6.45, 7) is 5.97. The highest BCUT2D eigenvalue weighted by Gasteiger charge is 2.11. The summed E-state index contributed by atoms with van der Waals surface area (Å²) >= 11 is 6.01. The first-order valence-corrected chi connectivity index (χ1v) is 6.18. The summed E-state index contributed by atoms with van der Waals surface area (Å²) in [5, 5.41) is 7.98. The summed E-state index contributed by atoms with van der Waals surface area (Å²) in [5.41, 5.74) is 0.785. The van der Waals surface area contributed by atoms with E-state index in [1.807, 2.05) is 20.0 Å². The number of halogens is 1. The third-order valence-corrected chi connectivity index (χ3v) is 2.95. The zero-order chi connectivity index (χ0) is 13.3. The van der Waals surface area contributed by atoms with Gasteiger partial charge >= 0.3 is 0 Å². The van der Waals surface area contributed by atoms with E-state index >= 15 is 0 Å². The summed E-state index contributed by atoms with van der Waals surface area (Å²) in [5.74, 6) is 2.52. The van der Waals surface area contributed by atoms with Crippen molar-refractivity contribution in [3.63, 3.8) is 0 Å². The van der Waals surface area contributed by atoms with Crippen molar-refractivity contribution >= 4 is 17.4 Å². The van der Waals surface area contributed by atoms with Crippen LogP contribution < -0.4 is 5.32 Å². The Morgan fingerprint density at radius 2 is 2.06 bits per heavy atom. The molecule has 2 heterocycles. The molecule has 0 saturated carbocycles. The van der Waals surface area contributed by atoms with E-state index in [0.717, 1.165) is 17.3 Å². The molecule has 0 aliphatic carbocycles. The van der Waals surface area contributed by atoms with Gasteiger partial charge in [0.05, 0.1) is 16.9 Å². The van der Waals surface area contributed by atoms with Gasteiger partial charge < -0.3 is 5.32 Å². The molecule has 18 heavy (non-hydrogen) atoms. The maximum atomic E-state index is 6.01. The molecule has 0 bridgehead atoms. The minimum Gasteiger partial charge on any atom is -0.373 e. The van der Waals surface area contributed by atoms with Gasteiger partial charge in [-0.2, -0.15) is 5.10 Å². The Morgan fingerprint density at radius 1 is 1.33 bits per heavy atom. The summed E-state index contributed by atoms with van der Waals surface area (Å²) in [7, 11) is 1.83. The monoisotopic (exact) mass is 265 g/mol. The van der Waals surface area contributed by atoms with E-state index in [4.69, 9.17) is 11.6 Å². The highest BCUT2D eigenvalue weighted by molar-refractivity contribution is 6.31. The Bertz CT molecular complexity index is 542. The van der Waals surface area contributed by atoms with Crippen LogP contribution in [0.2, 0.25) is 5.02 Å². The normalized spacial score (nSPS) is 11.0. The quantitative estimate of drug-likeness (QED) is 0.927. The van der Waals surface area contributed by atoms with Crippen LogP contribution in [0.3, 0.4) is 0 Å². The number of nitrogens with zero attached hydrogens (tertiary/aromatic N) is 4. The molecular formula is C12H16ClN5. The van der Waals surface area contributed by atoms with Crippen molar-refractivity contribution in [3.8, 4) is 5.82 Å². The molecule has 2 aromatic rings. The minimum absolute atomic E-state index is 0.254. The second kappa shape index (κ2) is 4.94. The van der Waals surface area contributed by atoms with Crippen LogP contribution in [0.1, 0.15) is 31.3 Å². The molecule has 0 fully saturated rings. The van der Waals surface area contributed by atoms with Crippen molar-refractivity contribution in [2.45, 2.75) is 26.7 Å². The molecule has 0 aromatic carbocycles. The summed E-state index contributed by atoms with van der Waals surface area (Å²) in [4.78, 5) is 8.91. The van der Waals surface area contributed by atoms with Gasteiger partial charge in [0.15, 0.2) is 5.82 Å². The number of hydrogen-bond acceptors (Lipinski definition) is 4. The second-order valence-electron chi connectivity index (χ2n) is 4.38. The predicted octanol–water partition coefficient (Wildman–Crippen LogP) is 2.79. The van der Waals surface area contributed by atoms with Gasteiger partial charge in [0, 0.05) is 19.0 Å². The highest BCUT2D eigenvalue weighted by atomic mass is 35.5. The van der Waals surface area contributed by atoms with E-state index < -0.39 is 0 Å². The lowest BCUT2D eigenvalue weighted by molar-refractivity contribution is 0.744. The second-order valence-corrected chi connectivity index (χ2v) is 4.79. The number of aryl methyl sites for hydroxylation is 1. The van der Waals surface area contributed by atoms with Crippen molar-refractivity contribution in [2.75, 3.05) is 12.4 Å². The molecule has 2 rings (SSSR count). The van der Waals surface area contributed by atoms with Crippen molar-refractivity contribution < 1.29 is 0 Å². The third kappa shape index (κ3) is 2.46. The zero-order valence-electron chi connectivity index (χ0n) is 10.9. The molecule has 0 unspecified atom stereocenters. The number of hydrogen-bond donors (Lipinski definition) is 1. The number of nitrogens with one attached hydrogen (secondary N) is 1. The smallest absolute Gasteiger partial charge is 0.159 e. The fourth-order valence-electron chi connectivity index (χ4n) is 1.51. The summed E-state index contributed by atoms with van der Waals surface area (Å²) < 4.78 is 1.67. The third-order valence-electron chi connectivity index (χ3n) is 2.58. The highest BCUT2D eigenvalue weighted by Crippen LogP contribution is 2.19. The molecule has 96 valence electrons. The molecule has 0 radical (unpaired) electrons. The Hall–Kier alpha value is -1.62. The Kier molecular flexibility index (Phi) is 3.52.